The molecule has 0 spiro atoms. The average molecular weight is 855 g/mol. The van der Waals surface area contributed by atoms with Gasteiger partial charge in [0.05, 0.1) is 16.6 Å². The number of aryl methyl sites for hydroxylation is 1. The molecule has 0 fully saturated rings. The number of imidazole rings is 1. The molecular formula is C45H47N4OPt-. The van der Waals surface area contributed by atoms with E-state index in [0.29, 0.717) is 0 Å². The van der Waals surface area contributed by atoms with Gasteiger partial charge >= 0.3 is 0 Å². The SMILES string of the molecule is C=C/C(=C(\C)N(C)c1ccccc1)c1ccnc(-c2[c-]c(-c3cccc4c3nc(-c3cc(C(C)(C)C)cc(C(C)(C)C)c3O)n4C)ccc2)c1.[Pt]. The molecule has 6 heteroatoms. The Bertz CT molecular complexity index is 2250. The second-order valence-corrected chi connectivity index (χ2v) is 15.1. The number of pyridine rings is 1. The van der Waals surface area contributed by atoms with Crippen LogP contribution in [0.2, 0.25) is 0 Å². The van der Waals surface area contributed by atoms with Crippen molar-refractivity contribution in [3.05, 3.63) is 138 Å². The Kier molecular flexibility index (Phi) is 10.7. The molecule has 51 heavy (non-hydrogen) atoms. The number of para-hydroxylation sites is 2. The zero-order valence-electron chi connectivity index (χ0n) is 31.1. The summed E-state index contributed by atoms with van der Waals surface area (Å²) in [6.07, 6.45) is 3.76. The minimum absolute atomic E-state index is 0. The Morgan fingerprint density at radius 1 is 0.843 bits per heavy atom. The monoisotopic (exact) mass is 854 g/mol. The molecule has 0 amide bonds. The Balaban J connectivity index is 0.00000504. The van der Waals surface area contributed by atoms with E-state index in [1.807, 2.05) is 55.7 Å². The van der Waals surface area contributed by atoms with Gasteiger partial charge in [0.25, 0.3) is 0 Å². The van der Waals surface area contributed by atoms with Crippen LogP contribution in [-0.4, -0.2) is 26.7 Å². The Labute approximate surface area is 317 Å². The fourth-order valence-electron chi connectivity index (χ4n) is 6.50. The maximum Gasteiger partial charge on any atom is 0.143 e. The third kappa shape index (κ3) is 7.37. The second kappa shape index (κ2) is 14.5. The Morgan fingerprint density at radius 3 is 2.20 bits per heavy atom. The van der Waals surface area contributed by atoms with Gasteiger partial charge in [-0.15, -0.1) is 29.8 Å². The van der Waals surface area contributed by atoms with Gasteiger partial charge in [-0.3, -0.25) is 4.98 Å². The first-order valence-electron chi connectivity index (χ1n) is 17.1. The first-order valence-corrected chi connectivity index (χ1v) is 17.1. The van der Waals surface area contributed by atoms with E-state index in [1.165, 1.54) is 0 Å². The number of aromatic nitrogens is 3. The molecule has 0 saturated heterocycles. The van der Waals surface area contributed by atoms with Gasteiger partial charge in [0.1, 0.15) is 11.6 Å². The summed E-state index contributed by atoms with van der Waals surface area (Å²) in [7, 11) is 4.09. The molecule has 1 N–H and O–H groups in total. The van der Waals surface area contributed by atoms with Gasteiger partial charge in [-0.05, 0) is 64.8 Å². The summed E-state index contributed by atoms with van der Waals surface area (Å²) < 4.78 is 2.08. The van der Waals surface area contributed by atoms with E-state index in [-0.39, 0.29) is 37.6 Å². The molecule has 6 rings (SSSR count). The van der Waals surface area contributed by atoms with Crippen LogP contribution in [0.15, 0.2) is 116 Å². The molecule has 2 aromatic heterocycles. The van der Waals surface area contributed by atoms with Gasteiger partial charge in [-0.25, -0.2) is 4.98 Å². The van der Waals surface area contributed by atoms with E-state index in [0.717, 1.165) is 78.5 Å². The van der Waals surface area contributed by atoms with Crippen molar-refractivity contribution in [2.24, 2.45) is 7.05 Å². The number of rotatable bonds is 7. The molecule has 5 nitrogen and oxygen atoms in total. The quantitative estimate of drug-likeness (QED) is 0.128. The smallest absolute Gasteiger partial charge is 0.143 e. The molecule has 264 valence electrons. The van der Waals surface area contributed by atoms with Crippen molar-refractivity contribution in [2.45, 2.75) is 59.3 Å². The number of benzene rings is 4. The number of nitrogens with zero attached hydrogens (tertiary/aromatic N) is 4. The summed E-state index contributed by atoms with van der Waals surface area (Å²) >= 11 is 0. The number of phenols is 1. The van der Waals surface area contributed by atoms with Crippen molar-refractivity contribution in [1.82, 2.24) is 14.5 Å². The summed E-state index contributed by atoms with van der Waals surface area (Å²) in [5.41, 5.74) is 12.2. The van der Waals surface area contributed by atoms with Crippen molar-refractivity contribution < 1.29 is 26.2 Å². The minimum atomic E-state index is -0.241. The van der Waals surface area contributed by atoms with Crippen LogP contribution in [0.5, 0.6) is 5.75 Å². The maximum absolute atomic E-state index is 11.7. The number of hydrogen-bond donors (Lipinski definition) is 1. The molecule has 0 radical (unpaired) electrons. The van der Waals surface area contributed by atoms with Gasteiger partial charge in [0.15, 0.2) is 0 Å². The van der Waals surface area contributed by atoms with Crippen molar-refractivity contribution >= 4 is 22.3 Å². The van der Waals surface area contributed by atoms with E-state index in [9.17, 15) is 5.11 Å². The van der Waals surface area contributed by atoms with Crippen molar-refractivity contribution in [2.75, 3.05) is 11.9 Å². The van der Waals surface area contributed by atoms with Crippen LogP contribution < -0.4 is 4.90 Å². The van der Waals surface area contributed by atoms with Gasteiger partial charge in [-0.1, -0.05) is 108 Å². The fraction of sp³-hybridized carbons (Fsp3) is 0.244. The van der Waals surface area contributed by atoms with Crippen molar-refractivity contribution in [3.63, 3.8) is 0 Å². The van der Waals surface area contributed by atoms with Crippen LogP contribution in [-0.2, 0) is 38.9 Å². The molecule has 0 aliphatic carbocycles. The first-order chi connectivity index (χ1) is 23.7. The largest absolute Gasteiger partial charge is 0.507 e. The zero-order chi connectivity index (χ0) is 36.0. The summed E-state index contributed by atoms with van der Waals surface area (Å²) in [4.78, 5) is 12.2. The predicted octanol–water partition coefficient (Wildman–Crippen LogP) is 11.1. The molecule has 0 atom stereocenters. The van der Waals surface area contributed by atoms with E-state index in [4.69, 9.17) is 9.97 Å². The molecular weight excluding hydrogens is 808 g/mol. The van der Waals surface area contributed by atoms with E-state index >= 15 is 0 Å². The average Bonchev–Trinajstić information content (AvgIpc) is 3.43. The number of fused-ring (bicyclic) bond motifs is 1. The third-order valence-electron chi connectivity index (χ3n) is 9.61. The number of aromatic hydroxyl groups is 1. The van der Waals surface area contributed by atoms with Crippen LogP contribution in [0.3, 0.4) is 0 Å². The van der Waals surface area contributed by atoms with Crippen LogP contribution in [0.25, 0.3) is 50.4 Å². The Hall–Kier alpha value is -4.73. The maximum atomic E-state index is 11.7. The van der Waals surface area contributed by atoms with Gasteiger partial charge < -0.3 is 14.6 Å². The van der Waals surface area contributed by atoms with E-state index < -0.39 is 0 Å². The summed E-state index contributed by atoms with van der Waals surface area (Å²) in [5.74, 6) is 1.01. The molecule has 6 aromatic rings. The molecule has 0 bridgehead atoms. The summed E-state index contributed by atoms with van der Waals surface area (Å²) in [5, 5.41) is 11.7. The van der Waals surface area contributed by atoms with Gasteiger partial charge in [0.2, 0.25) is 0 Å². The molecule has 0 aliphatic rings. The Morgan fingerprint density at radius 2 is 1.53 bits per heavy atom. The summed E-state index contributed by atoms with van der Waals surface area (Å²) in [6, 6.07) is 34.7. The van der Waals surface area contributed by atoms with Crippen LogP contribution in [0, 0.1) is 6.07 Å². The van der Waals surface area contributed by atoms with Crippen molar-refractivity contribution in [1.29, 1.82) is 0 Å². The topological polar surface area (TPSA) is 54.2 Å². The van der Waals surface area contributed by atoms with Crippen molar-refractivity contribution in [3.8, 4) is 39.5 Å². The number of allylic oxidation sites excluding steroid dienone is 3. The van der Waals surface area contributed by atoms with Crippen LogP contribution >= 0.6 is 0 Å². The molecule has 2 heterocycles. The second-order valence-electron chi connectivity index (χ2n) is 15.1. The summed E-state index contributed by atoms with van der Waals surface area (Å²) in [6.45, 7) is 19.3. The fourth-order valence-corrected chi connectivity index (χ4v) is 6.50. The van der Waals surface area contributed by atoms with Crippen LogP contribution in [0.4, 0.5) is 5.69 Å². The zero-order valence-corrected chi connectivity index (χ0v) is 33.3. The van der Waals surface area contributed by atoms with Crippen LogP contribution in [0.1, 0.15) is 65.2 Å². The molecule has 4 aromatic carbocycles. The number of anilines is 1. The minimum Gasteiger partial charge on any atom is -0.507 e. The predicted molar refractivity (Wildman–Crippen MR) is 210 cm³/mol. The molecule has 0 aliphatic heterocycles. The normalized spacial score (nSPS) is 12.3. The molecule has 0 saturated carbocycles. The first kappa shape index (κ1) is 37.5. The third-order valence-corrected chi connectivity index (χ3v) is 9.61. The number of phenolic OH excluding ortho intramolecular Hbond substituents is 1. The van der Waals surface area contributed by atoms with E-state index in [2.05, 4.69) is 132 Å². The van der Waals surface area contributed by atoms with Gasteiger partial charge in [-0.2, -0.15) is 0 Å². The number of hydrogen-bond acceptors (Lipinski definition) is 4. The molecule has 0 unspecified atom stereocenters. The van der Waals surface area contributed by atoms with E-state index in [1.54, 1.807) is 0 Å². The standard InChI is InChI=1S/C45H47N4O.Pt/c1-11-35(29(2)48(9)34-19-13-12-14-20-34)31-23-24-46-39(26-31)32-18-15-17-30(25-32)36-21-16-22-40-41(36)47-43(49(40)10)37-27-33(44(3,4)5)28-38(42(37)50)45(6,7)8;/h11-24,26-28,50H,1H2,2-10H3;/q-1;/b35-29-;. The van der Waals surface area contributed by atoms with Gasteiger partial charge in [0, 0.05) is 64.0 Å².